The average molecular weight is 327 g/mol. The number of likely N-dealkylation sites (N-methyl/N-ethyl adjacent to an activating group) is 1. The molecule has 2 rings (SSSR count). The Morgan fingerprint density at radius 3 is 2.67 bits per heavy atom. The van der Waals surface area contributed by atoms with E-state index >= 15 is 0 Å². The molecule has 0 unspecified atom stereocenters. The van der Waals surface area contributed by atoms with Crippen LogP contribution in [0.3, 0.4) is 0 Å². The second kappa shape index (κ2) is 6.87. The van der Waals surface area contributed by atoms with Gasteiger partial charge in [-0.15, -0.1) is 0 Å². The van der Waals surface area contributed by atoms with Gasteiger partial charge in [0, 0.05) is 12.1 Å². The molecule has 0 fully saturated rings. The van der Waals surface area contributed by atoms with Crippen molar-refractivity contribution in [3.05, 3.63) is 51.9 Å². The van der Waals surface area contributed by atoms with Crippen molar-refractivity contribution in [3.63, 3.8) is 0 Å². The van der Waals surface area contributed by atoms with Crippen LogP contribution >= 0.6 is 23.2 Å². The summed E-state index contributed by atoms with van der Waals surface area (Å²) in [5.41, 5.74) is 0.677. The summed E-state index contributed by atoms with van der Waals surface area (Å²) >= 11 is 11.9. The zero-order valence-corrected chi connectivity index (χ0v) is 13.3. The number of benzene rings is 1. The minimum Gasteiger partial charge on any atom is -0.464 e. The lowest BCUT2D eigenvalue weighted by Gasteiger charge is -2.17. The number of halogens is 2. The minimum atomic E-state index is -0.0601. The molecule has 0 saturated heterocycles. The summed E-state index contributed by atoms with van der Waals surface area (Å²) in [6.07, 6.45) is 0. The molecule has 1 aromatic heterocycles. The van der Waals surface area contributed by atoms with Crippen molar-refractivity contribution in [1.82, 2.24) is 4.90 Å². The topological polar surface area (TPSA) is 45.5 Å². The third-order valence-electron chi connectivity index (χ3n) is 2.98. The van der Waals surface area contributed by atoms with Crippen LogP contribution in [0.15, 0.2) is 34.7 Å². The van der Waals surface area contributed by atoms with Gasteiger partial charge >= 0.3 is 0 Å². The molecular weight excluding hydrogens is 311 g/mol. The monoisotopic (exact) mass is 326 g/mol. The SMILES string of the molecule is Cc1ccc(CN(C)C(=O)CNc2ccc(Cl)cc2Cl)o1. The molecule has 0 aliphatic rings. The fourth-order valence-electron chi connectivity index (χ4n) is 1.83. The van der Waals surface area contributed by atoms with Gasteiger partial charge in [0.1, 0.15) is 11.5 Å². The van der Waals surface area contributed by atoms with Gasteiger partial charge in [-0.2, -0.15) is 0 Å². The van der Waals surface area contributed by atoms with Crippen molar-refractivity contribution >= 4 is 34.8 Å². The van der Waals surface area contributed by atoms with Crippen molar-refractivity contribution < 1.29 is 9.21 Å². The molecule has 6 heteroatoms. The second-order valence-corrected chi connectivity index (χ2v) is 5.58. The molecule has 4 nitrogen and oxygen atoms in total. The highest BCUT2D eigenvalue weighted by Crippen LogP contribution is 2.25. The highest BCUT2D eigenvalue weighted by Gasteiger charge is 2.11. The van der Waals surface area contributed by atoms with Gasteiger partial charge in [0.15, 0.2) is 0 Å². The summed E-state index contributed by atoms with van der Waals surface area (Å²) in [5, 5.41) is 4.04. The Bertz CT molecular complexity index is 640. The number of hydrogen-bond donors (Lipinski definition) is 1. The lowest BCUT2D eigenvalue weighted by Crippen LogP contribution is -2.31. The molecule has 21 heavy (non-hydrogen) atoms. The fourth-order valence-corrected chi connectivity index (χ4v) is 2.31. The van der Waals surface area contributed by atoms with Crippen LogP contribution < -0.4 is 5.32 Å². The smallest absolute Gasteiger partial charge is 0.242 e. The predicted molar refractivity (Wildman–Crippen MR) is 84.9 cm³/mol. The maximum Gasteiger partial charge on any atom is 0.242 e. The van der Waals surface area contributed by atoms with Gasteiger partial charge in [0.25, 0.3) is 0 Å². The van der Waals surface area contributed by atoms with Gasteiger partial charge in [-0.1, -0.05) is 23.2 Å². The van der Waals surface area contributed by atoms with Crippen LogP contribution in [0, 0.1) is 6.92 Å². The minimum absolute atomic E-state index is 0.0601. The van der Waals surface area contributed by atoms with Crippen LogP contribution in [0.5, 0.6) is 0 Å². The van der Waals surface area contributed by atoms with Gasteiger partial charge in [-0.25, -0.2) is 0 Å². The molecule has 0 aliphatic heterocycles. The Morgan fingerprint density at radius 1 is 1.29 bits per heavy atom. The quantitative estimate of drug-likeness (QED) is 0.904. The highest BCUT2D eigenvalue weighted by molar-refractivity contribution is 6.36. The van der Waals surface area contributed by atoms with E-state index in [2.05, 4.69) is 5.32 Å². The summed E-state index contributed by atoms with van der Waals surface area (Å²) in [7, 11) is 1.73. The number of furan rings is 1. The molecule has 1 N–H and O–H groups in total. The summed E-state index contributed by atoms with van der Waals surface area (Å²) in [6.45, 7) is 2.45. The van der Waals surface area contributed by atoms with Crippen molar-refractivity contribution in [2.45, 2.75) is 13.5 Å². The molecule has 2 aromatic rings. The van der Waals surface area contributed by atoms with E-state index in [1.54, 1.807) is 30.1 Å². The molecule has 0 aliphatic carbocycles. The Hall–Kier alpha value is -1.65. The number of nitrogens with one attached hydrogen (secondary N) is 1. The first-order valence-corrected chi connectivity index (χ1v) is 7.19. The largest absolute Gasteiger partial charge is 0.464 e. The van der Waals surface area contributed by atoms with E-state index in [0.29, 0.717) is 22.3 Å². The number of aryl methyl sites for hydroxylation is 1. The maximum absolute atomic E-state index is 12.1. The van der Waals surface area contributed by atoms with Crippen LogP contribution in [0.25, 0.3) is 0 Å². The Kier molecular flexibility index (Phi) is 5.15. The van der Waals surface area contributed by atoms with Crippen molar-refractivity contribution in [2.75, 3.05) is 18.9 Å². The molecule has 1 amide bonds. The maximum atomic E-state index is 12.1. The van der Waals surface area contributed by atoms with E-state index in [-0.39, 0.29) is 12.5 Å². The Morgan fingerprint density at radius 2 is 2.05 bits per heavy atom. The molecule has 0 saturated carbocycles. The number of carbonyl (C=O) groups excluding carboxylic acids is 1. The van der Waals surface area contributed by atoms with Crippen molar-refractivity contribution in [1.29, 1.82) is 0 Å². The Labute approximate surface area is 133 Å². The van der Waals surface area contributed by atoms with Gasteiger partial charge in [0.2, 0.25) is 5.91 Å². The number of nitrogens with zero attached hydrogens (tertiary/aromatic N) is 1. The summed E-state index contributed by atoms with van der Waals surface area (Å²) in [4.78, 5) is 13.7. The molecule has 1 aromatic carbocycles. The zero-order chi connectivity index (χ0) is 15.4. The first-order chi connectivity index (χ1) is 9.95. The summed E-state index contributed by atoms with van der Waals surface area (Å²) in [6, 6.07) is 8.83. The first-order valence-electron chi connectivity index (χ1n) is 6.44. The summed E-state index contributed by atoms with van der Waals surface area (Å²) < 4.78 is 5.45. The number of amides is 1. The van der Waals surface area contributed by atoms with E-state index in [4.69, 9.17) is 27.6 Å². The number of rotatable bonds is 5. The van der Waals surface area contributed by atoms with Gasteiger partial charge < -0.3 is 14.6 Å². The average Bonchev–Trinajstić information content (AvgIpc) is 2.82. The fraction of sp³-hybridized carbons (Fsp3) is 0.267. The lowest BCUT2D eigenvalue weighted by atomic mass is 10.3. The van der Waals surface area contributed by atoms with Gasteiger partial charge in [-0.3, -0.25) is 4.79 Å². The molecule has 0 atom stereocenters. The van der Waals surface area contributed by atoms with Crippen molar-refractivity contribution in [2.24, 2.45) is 0 Å². The highest BCUT2D eigenvalue weighted by atomic mass is 35.5. The second-order valence-electron chi connectivity index (χ2n) is 4.74. The van der Waals surface area contributed by atoms with Crippen LogP contribution in [-0.2, 0) is 11.3 Å². The van der Waals surface area contributed by atoms with E-state index in [0.717, 1.165) is 11.5 Å². The number of anilines is 1. The molecule has 112 valence electrons. The third kappa shape index (κ3) is 4.41. The van der Waals surface area contributed by atoms with Gasteiger partial charge in [0.05, 0.1) is 23.8 Å². The molecule has 0 bridgehead atoms. The lowest BCUT2D eigenvalue weighted by molar-refractivity contribution is -0.128. The first kappa shape index (κ1) is 15.7. The Balaban J connectivity index is 1.89. The van der Waals surface area contributed by atoms with Crippen LogP contribution in [0.2, 0.25) is 10.0 Å². The molecular formula is C15H16Cl2N2O2. The predicted octanol–water partition coefficient (Wildman–Crippen LogP) is 3.97. The molecule has 0 radical (unpaired) electrons. The van der Waals surface area contributed by atoms with Crippen molar-refractivity contribution in [3.8, 4) is 0 Å². The number of hydrogen-bond acceptors (Lipinski definition) is 3. The van der Waals surface area contributed by atoms with E-state index in [9.17, 15) is 4.79 Å². The standard InChI is InChI=1S/C15H16Cl2N2O2/c1-10-3-5-12(21-10)9-19(2)15(20)8-18-14-6-4-11(16)7-13(14)17/h3-7,18H,8-9H2,1-2H3. The molecule has 1 heterocycles. The molecule has 0 spiro atoms. The zero-order valence-electron chi connectivity index (χ0n) is 11.8. The normalized spacial score (nSPS) is 10.5. The van der Waals surface area contributed by atoms with E-state index < -0.39 is 0 Å². The van der Waals surface area contributed by atoms with Crippen LogP contribution in [-0.4, -0.2) is 24.4 Å². The van der Waals surface area contributed by atoms with E-state index in [1.165, 1.54) is 0 Å². The number of carbonyl (C=O) groups is 1. The van der Waals surface area contributed by atoms with Crippen LogP contribution in [0.1, 0.15) is 11.5 Å². The summed E-state index contributed by atoms with van der Waals surface area (Å²) in [5.74, 6) is 1.53. The van der Waals surface area contributed by atoms with E-state index in [1.807, 2.05) is 19.1 Å². The van der Waals surface area contributed by atoms with Crippen LogP contribution in [0.4, 0.5) is 5.69 Å². The third-order valence-corrected chi connectivity index (χ3v) is 3.52. The van der Waals surface area contributed by atoms with Gasteiger partial charge in [-0.05, 0) is 37.3 Å².